The van der Waals surface area contributed by atoms with Gasteiger partial charge in [-0.05, 0) is 36.5 Å². The Bertz CT molecular complexity index is 437. The number of carbonyl (C=O) groups is 2. The smallest absolute Gasteiger partial charge is 0.335 e. The molecule has 0 spiro atoms. The first-order valence-corrected chi connectivity index (χ1v) is 5.51. The third kappa shape index (κ3) is 3.31. The number of carboxylic acids is 2. The summed E-state index contributed by atoms with van der Waals surface area (Å²) in [5.41, 5.74) is 1.70. The summed E-state index contributed by atoms with van der Waals surface area (Å²) in [6.45, 7) is 3.62. The molecule has 0 fully saturated rings. The van der Waals surface area contributed by atoms with Crippen LogP contribution < -0.4 is 0 Å². The number of rotatable bonds is 5. The van der Waals surface area contributed by atoms with Gasteiger partial charge in [-0.25, -0.2) is 4.79 Å². The van der Waals surface area contributed by atoms with E-state index < -0.39 is 11.9 Å². The number of aromatic carboxylic acids is 1. The standard InChI is InChI=1S/C13H16O4/c1-3-9(7-12(14)15)10-5-4-8(2)11(6-10)13(16)17/h4-6,9H,3,7H2,1-2H3,(H,14,15)(H,16,17). The number of benzene rings is 1. The summed E-state index contributed by atoms with van der Waals surface area (Å²) in [5.74, 6) is -1.98. The van der Waals surface area contributed by atoms with Crippen LogP contribution in [0, 0.1) is 6.92 Å². The molecule has 0 aliphatic heterocycles. The lowest BCUT2D eigenvalue weighted by Crippen LogP contribution is -2.08. The summed E-state index contributed by atoms with van der Waals surface area (Å²) in [7, 11) is 0. The molecule has 0 saturated carbocycles. The molecule has 0 heterocycles. The van der Waals surface area contributed by atoms with Crippen LogP contribution in [0.1, 0.15) is 47.2 Å². The molecule has 1 rings (SSSR count). The van der Waals surface area contributed by atoms with Crippen molar-refractivity contribution in [1.29, 1.82) is 0 Å². The normalized spacial score (nSPS) is 12.1. The van der Waals surface area contributed by atoms with Crippen molar-refractivity contribution in [2.24, 2.45) is 0 Å². The highest BCUT2D eigenvalue weighted by Gasteiger charge is 2.16. The molecule has 0 aliphatic rings. The molecule has 0 aliphatic carbocycles. The highest BCUT2D eigenvalue weighted by atomic mass is 16.4. The lowest BCUT2D eigenvalue weighted by Gasteiger charge is -2.14. The van der Waals surface area contributed by atoms with Crippen molar-refractivity contribution in [3.63, 3.8) is 0 Å². The van der Waals surface area contributed by atoms with Gasteiger partial charge in [0.2, 0.25) is 0 Å². The molecule has 0 bridgehead atoms. The lowest BCUT2D eigenvalue weighted by atomic mass is 9.91. The van der Waals surface area contributed by atoms with E-state index in [2.05, 4.69) is 0 Å². The molecule has 0 amide bonds. The summed E-state index contributed by atoms with van der Waals surface area (Å²) in [6, 6.07) is 5.11. The van der Waals surface area contributed by atoms with E-state index in [0.717, 1.165) is 5.56 Å². The summed E-state index contributed by atoms with van der Waals surface area (Å²) in [5, 5.41) is 17.8. The molecule has 1 aromatic rings. The fraction of sp³-hybridized carbons (Fsp3) is 0.385. The molecule has 17 heavy (non-hydrogen) atoms. The summed E-state index contributed by atoms with van der Waals surface area (Å²) < 4.78 is 0. The van der Waals surface area contributed by atoms with E-state index in [9.17, 15) is 9.59 Å². The van der Waals surface area contributed by atoms with Crippen molar-refractivity contribution >= 4 is 11.9 Å². The van der Waals surface area contributed by atoms with Gasteiger partial charge in [-0.3, -0.25) is 4.79 Å². The van der Waals surface area contributed by atoms with E-state index in [1.807, 2.05) is 6.92 Å². The molecule has 0 aromatic heterocycles. The Morgan fingerprint density at radius 2 is 1.94 bits per heavy atom. The predicted octanol–water partition coefficient (Wildman–Crippen LogP) is 2.66. The summed E-state index contributed by atoms with van der Waals surface area (Å²) in [4.78, 5) is 21.7. The molecule has 1 aromatic carbocycles. The first-order valence-electron chi connectivity index (χ1n) is 5.51. The third-order valence-corrected chi connectivity index (χ3v) is 2.88. The monoisotopic (exact) mass is 236 g/mol. The zero-order valence-corrected chi connectivity index (χ0v) is 9.93. The molecule has 2 N–H and O–H groups in total. The van der Waals surface area contributed by atoms with Crippen LogP contribution in [0.3, 0.4) is 0 Å². The second-order valence-corrected chi connectivity index (χ2v) is 4.08. The molecule has 0 radical (unpaired) electrons. The van der Waals surface area contributed by atoms with Crippen LogP contribution in [0.4, 0.5) is 0 Å². The third-order valence-electron chi connectivity index (χ3n) is 2.88. The number of aliphatic carboxylic acids is 1. The van der Waals surface area contributed by atoms with E-state index in [0.29, 0.717) is 12.0 Å². The Balaban J connectivity index is 3.08. The van der Waals surface area contributed by atoms with Gasteiger partial charge >= 0.3 is 11.9 Å². The van der Waals surface area contributed by atoms with Crippen LogP contribution in [-0.4, -0.2) is 22.2 Å². The van der Waals surface area contributed by atoms with Crippen LogP contribution in [0.2, 0.25) is 0 Å². The first-order chi connectivity index (χ1) is 7.95. The summed E-state index contributed by atoms with van der Waals surface area (Å²) in [6.07, 6.45) is 0.701. The van der Waals surface area contributed by atoms with Crippen molar-refractivity contribution in [3.8, 4) is 0 Å². The average molecular weight is 236 g/mol. The second-order valence-electron chi connectivity index (χ2n) is 4.08. The molecule has 4 heteroatoms. The largest absolute Gasteiger partial charge is 0.481 e. The Morgan fingerprint density at radius 1 is 1.29 bits per heavy atom. The van der Waals surface area contributed by atoms with Gasteiger partial charge in [0.15, 0.2) is 0 Å². The van der Waals surface area contributed by atoms with Crippen LogP contribution in [0.25, 0.3) is 0 Å². The molecular weight excluding hydrogens is 220 g/mol. The van der Waals surface area contributed by atoms with Gasteiger partial charge in [0, 0.05) is 0 Å². The number of hydrogen-bond acceptors (Lipinski definition) is 2. The average Bonchev–Trinajstić information content (AvgIpc) is 2.26. The van der Waals surface area contributed by atoms with Crippen LogP contribution in [0.15, 0.2) is 18.2 Å². The summed E-state index contributed by atoms with van der Waals surface area (Å²) >= 11 is 0. The minimum absolute atomic E-state index is 0.0264. The van der Waals surface area contributed by atoms with E-state index in [1.165, 1.54) is 0 Å². The van der Waals surface area contributed by atoms with E-state index in [4.69, 9.17) is 10.2 Å². The van der Waals surface area contributed by atoms with Gasteiger partial charge in [-0.15, -0.1) is 0 Å². The zero-order chi connectivity index (χ0) is 13.0. The van der Waals surface area contributed by atoms with Crippen molar-refractivity contribution in [1.82, 2.24) is 0 Å². The van der Waals surface area contributed by atoms with Gasteiger partial charge in [0.05, 0.1) is 12.0 Å². The van der Waals surface area contributed by atoms with E-state index >= 15 is 0 Å². The minimum Gasteiger partial charge on any atom is -0.481 e. The maximum absolute atomic E-state index is 11.0. The quantitative estimate of drug-likeness (QED) is 0.824. The minimum atomic E-state index is -0.977. The Kier molecular flexibility index (Phi) is 4.26. The molecule has 1 unspecified atom stereocenters. The van der Waals surface area contributed by atoms with Gasteiger partial charge < -0.3 is 10.2 Å². The number of aryl methyl sites for hydroxylation is 1. The maximum Gasteiger partial charge on any atom is 0.335 e. The van der Waals surface area contributed by atoms with Crippen molar-refractivity contribution in [3.05, 3.63) is 34.9 Å². The predicted molar refractivity (Wildman–Crippen MR) is 63.4 cm³/mol. The zero-order valence-electron chi connectivity index (χ0n) is 9.93. The topological polar surface area (TPSA) is 74.6 Å². The molecular formula is C13H16O4. The molecule has 1 atom stereocenters. The van der Waals surface area contributed by atoms with Crippen molar-refractivity contribution < 1.29 is 19.8 Å². The van der Waals surface area contributed by atoms with Crippen LogP contribution in [0.5, 0.6) is 0 Å². The van der Waals surface area contributed by atoms with Crippen molar-refractivity contribution in [2.75, 3.05) is 0 Å². The Hall–Kier alpha value is -1.84. The highest BCUT2D eigenvalue weighted by Crippen LogP contribution is 2.25. The molecule has 4 nitrogen and oxygen atoms in total. The van der Waals surface area contributed by atoms with Gasteiger partial charge in [0.25, 0.3) is 0 Å². The fourth-order valence-corrected chi connectivity index (χ4v) is 1.83. The SMILES string of the molecule is CCC(CC(=O)O)c1ccc(C)c(C(=O)O)c1. The Labute approximate surface area is 99.9 Å². The van der Waals surface area contributed by atoms with Crippen LogP contribution in [-0.2, 0) is 4.79 Å². The maximum atomic E-state index is 11.0. The lowest BCUT2D eigenvalue weighted by molar-refractivity contribution is -0.137. The van der Waals surface area contributed by atoms with E-state index in [1.54, 1.807) is 25.1 Å². The highest BCUT2D eigenvalue weighted by molar-refractivity contribution is 5.89. The van der Waals surface area contributed by atoms with Gasteiger partial charge in [-0.1, -0.05) is 19.1 Å². The van der Waals surface area contributed by atoms with Gasteiger partial charge in [0.1, 0.15) is 0 Å². The first kappa shape index (κ1) is 13.2. The fourth-order valence-electron chi connectivity index (χ4n) is 1.83. The molecule has 92 valence electrons. The van der Waals surface area contributed by atoms with Crippen LogP contribution >= 0.6 is 0 Å². The molecule has 0 saturated heterocycles. The second kappa shape index (κ2) is 5.48. The number of carboxylic acid groups (broad SMARTS) is 2. The Morgan fingerprint density at radius 3 is 2.41 bits per heavy atom. The number of hydrogen-bond donors (Lipinski definition) is 2. The van der Waals surface area contributed by atoms with Gasteiger partial charge in [-0.2, -0.15) is 0 Å². The van der Waals surface area contributed by atoms with E-state index in [-0.39, 0.29) is 17.9 Å². The van der Waals surface area contributed by atoms with Crippen molar-refractivity contribution in [2.45, 2.75) is 32.6 Å².